The van der Waals surface area contributed by atoms with Gasteiger partial charge in [0.2, 0.25) is 5.91 Å². The van der Waals surface area contributed by atoms with E-state index in [2.05, 4.69) is 10.1 Å². The number of carbonyl (C=O) groups excluding carboxylic acids is 2. The normalized spacial score (nSPS) is 15.6. The summed E-state index contributed by atoms with van der Waals surface area (Å²) >= 11 is 5.72. The van der Waals surface area contributed by atoms with Gasteiger partial charge in [0.15, 0.2) is 0 Å². The third-order valence-electron chi connectivity index (χ3n) is 5.05. The molecule has 1 heterocycles. The van der Waals surface area contributed by atoms with Gasteiger partial charge in [-0.25, -0.2) is 4.39 Å². The summed E-state index contributed by atoms with van der Waals surface area (Å²) in [4.78, 5) is 28.7. The second-order valence-electron chi connectivity index (χ2n) is 6.99. The molecule has 1 N–H and O–H groups in total. The number of rotatable bonds is 6. The molecule has 0 saturated carbocycles. The number of hydrogen-bond donors (Lipinski definition) is 1. The van der Waals surface area contributed by atoms with Crippen LogP contribution in [-0.2, 0) is 4.79 Å². The Morgan fingerprint density at radius 3 is 2.42 bits per heavy atom. The molecule has 1 unspecified atom stereocenters. The van der Waals surface area contributed by atoms with Gasteiger partial charge >= 0.3 is 6.61 Å². The van der Waals surface area contributed by atoms with Gasteiger partial charge in [-0.05, 0) is 37.3 Å². The number of para-hydroxylation sites is 1. The molecule has 2 aromatic carbocycles. The molecule has 3 rings (SSSR count). The van der Waals surface area contributed by atoms with E-state index < -0.39 is 30.3 Å². The van der Waals surface area contributed by atoms with E-state index in [4.69, 9.17) is 11.6 Å². The maximum absolute atomic E-state index is 13.9. The van der Waals surface area contributed by atoms with Crippen molar-refractivity contribution in [1.29, 1.82) is 0 Å². The number of hydrogen-bond acceptors (Lipinski definition) is 4. The zero-order valence-corrected chi connectivity index (χ0v) is 17.4. The summed E-state index contributed by atoms with van der Waals surface area (Å²) in [6, 6.07) is 9.24. The van der Waals surface area contributed by atoms with Crippen LogP contribution in [0.25, 0.3) is 0 Å². The highest BCUT2D eigenvalue weighted by atomic mass is 35.5. The lowest BCUT2D eigenvalue weighted by molar-refractivity contribution is -0.121. The summed E-state index contributed by atoms with van der Waals surface area (Å²) in [5.41, 5.74) is 0.0888. The van der Waals surface area contributed by atoms with E-state index in [1.165, 1.54) is 35.2 Å². The highest BCUT2D eigenvalue weighted by Crippen LogP contribution is 2.23. The zero-order chi connectivity index (χ0) is 22.5. The van der Waals surface area contributed by atoms with E-state index >= 15 is 0 Å². The quantitative estimate of drug-likeness (QED) is 0.718. The standard InChI is InChI=1S/C21H21ClF3N3O3/c1-13(19(29)26-17-7-6-14(22)12-16(17)23)27-8-10-28(11-9-27)20(30)15-4-2-3-5-18(15)31-21(24)25/h2-7,12-13,21H,8-11H2,1H3,(H,26,29). The molecular weight excluding hydrogens is 435 g/mol. The number of nitrogens with zero attached hydrogens (tertiary/aromatic N) is 2. The van der Waals surface area contributed by atoms with Crippen LogP contribution in [0, 0.1) is 5.82 Å². The van der Waals surface area contributed by atoms with Crippen molar-refractivity contribution in [3.63, 3.8) is 0 Å². The van der Waals surface area contributed by atoms with Crippen LogP contribution >= 0.6 is 11.6 Å². The number of alkyl halides is 2. The monoisotopic (exact) mass is 455 g/mol. The molecule has 6 nitrogen and oxygen atoms in total. The fourth-order valence-electron chi connectivity index (χ4n) is 3.32. The van der Waals surface area contributed by atoms with E-state index in [9.17, 15) is 22.8 Å². The van der Waals surface area contributed by atoms with Gasteiger partial charge in [0.1, 0.15) is 11.6 Å². The van der Waals surface area contributed by atoms with Crippen LogP contribution in [0.5, 0.6) is 5.75 Å². The Morgan fingerprint density at radius 2 is 1.77 bits per heavy atom. The lowest BCUT2D eigenvalue weighted by atomic mass is 10.1. The molecule has 166 valence electrons. The smallest absolute Gasteiger partial charge is 0.387 e. The summed E-state index contributed by atoms with van der Waals surface area (Å²) < 4.78 is 43.6. The molecule has 0 aliphatic carbocycles. The van der Waals surface area contributed by atoms with Gasteiger partial charge in [-0.3, -0.25) is 14.5 Å². The molecule has 0 spiro atoms. The molecule has 1 aliphatic heterocycles. The Balaban J connectivity index is 1.59. The Kier molecular flexibility index (Phi) is 7.40. The van der Waals surface area contributed by atoms with Gasteiger partial charge in [0.25, 0.3) is 5.91 Å². The Hall–Kier alpha value is -2.78. The fraction of sp³-hybridized carbons (Fsp3) is 0.333. The summed E-state index contributed by atoms with van der Waals surface area (Å²) in [5, 5.41) is 2.76. The van der Waals surface area contributed by atoms with Crippen molar-refractivity contribution in [3.8, 4) is 5.75 Å². The SMILES string of the molecule is CC(C(=O)Nc1ccc(Cl)cc1F)N1CCN(C(=O)c2ccccc2OC(F)F)CC1. The van der Waals surface area contributed by atoms with E-state index in [1.807, 2.05) is 4.90 Å². The molecule has 1 saturated heterocycles. The van der Waals surface area contributed by atoms with E-state index in [0.717, 1.165) is 6.07 Å². The number of nitrogens with one attached hydrogen (secondary N) is 1. The average molecular weight is 456 g/mol. The predicted octanol–water partition coefficient (Wildman–Crippen LogP) is 3.87. The minimum atomic E-state index is -3.03. The van der Waals surface area contributed by atoms with Crippen LogP contribution in [0.1, 0.15) is 17.3 Å². The third-order valence-corrected chi connectivity index (χ3v) is 5.29. The Morgan fingerprint density at radius 1 is 1.10 bits per heavy atom. The maximum atomic E-state index is 13.9. The van der Waals surface area contributed by atoms with Crippen molar-refractivity contribution in [2.24, 2.45) is 0 Å². The van der Waals surface area contributed by atoms with E-state index in [-0.39, 0.29) is 22.0 Å². The second kappa shape index (κ2) is 10.0. The molecule has 0 radical (unpaired) electrons. The topological polar surface area (TPSA) is 61.9 Å². The van der Waals surface area contributed by atoms with Crippen molar-refractivity contribution >= 4 is 29.1 Å². The van der Waals surface area contributed by atoms with Crippen molar-refractivity contribution in [2.75, 3.05) is 31.5 Å². The number of amides is 2. The first kappa shape index (κ1) is 22.9. The molecular formula is C21H21ClF3N3O3. The van der Waals surface area contributed by atoms with Crippen LogP contribution in [0.3, 0.4) is 0 Å². The molecule has 2 amide bonds. The summed E-state index contributed by atoms with van der Waals surface area (Å²) in [7, 11) is 0. The summed E-state index contributed by atoms with van der Waals surface area (Å²) in [6.45, 7) is 0.0362. The van der Waals surface area contributed by atoms with Gasteiger partial charge in [-0.2, -0.15) is 8.78 Å². The van der Waals surface area contributed by atoms with E-state index in [0.29, 0.717) is 26.2 Å². The second-order valence-corrected chi connectivity index (χ2v) is 7.43. The van der Waals surface area contributed by atoms with Gasteiger partial charge in [0, 0.05) is 31.2 Å². The summed E-state index contributed by atoms with van der Waals surface area (Å²) in [6.07, 6.45) is 0. The van der Waals surface area contributed by atoms with Crippen LogP contribution in [-0.4, -0.2) is 60.4 Å². The van der Waals surface area contributed by atoms with Crippen LogP contribution < -0.4 is 10.1 Å². The molecule has 2 aromatic rings. The summed E-state index contributed by atoms with van der Waals surface area (Å²) in [5.74, 6) is -1.62. The molecule has 1 fully saturated rings. The average Bonchev–Trinajstić information content (AvgIpc) is 2.74. The number of benzene rings is 2. The minimum absolute atomic E-state index is 0.0331. The number of piperazine rings is 1. The number of anilines is 1. The predicted molar refractivity (Wildman–Crippen MR) is 110 cm³/mol. The zero-order valence-electron chi connectivity index (χ0n) is 16.7. The molecule has 0 aromatic heterocycles. The first-order valence-corrected chi connectivity index (χ1v) is 9.97. The first-order valence-electron chi connectivity index (χ1n) is 9.59. The molecule has 1 aliphatic rings. The van der Waals surface area contributed by atoms with Gasteiger partial charge in [-0.15, -0.1) is 0 Å². The van der Waals surface area contributed by atoms with Gasteiger partial charge in [-0.1, -0.05) is 23.7 Å². The largest absolute Gasteiger partial charge is 0.434 e. The molecule has 10 heteroatoms. The third kappa shape index (κ3) is 5.68. The van der Waals surface area contributed by atoms with Crippen molar-refractivity contribution in [3.05, 3.63) is 58.9 Å². The van der Waals surface area contributed by atoms with Crippen molar-refractivity contribution in [2.45, 2.75) is 19.6 Å². The number of carbonyl (C=O) groups is 2. The number of halogens is 4. The fourth-order valence-corrected chi connectivity index (χ4v) is 3.48. The maximum Gasteiger partial charge on any atom is 0.387 e. The Labute approximate surface area is 182 Å². The highest BCUT2D eigenvalue weighted by Gasteiger charge is 2.29. The molecule has 1 atom stereocenters. The minimum Gasteiger partial charge on any atom is -0.434 e. The van der Waals surface area contributed by atoms with Gasteiger partial charge in [0.05, 0.1) is 17.3 Å². The first-order chi connectivity index (χ1) is 14.8. The van der Waals surface area contributed by atoms with Crippen molar-refractivity contribution < 1.29 is 27.5 Å². The lowest BCUT2D eigenvalue weighted by Gasteiger charge is -2.37. The lowest BCUT2D eigenvalue weighted by Crippen LogP contribution is -2.54. The molecule has 31 heavy (non-hydrogen) atoms. The van der Waals surface area contributed by atoms with Crippen molar-refractivity contribution in [1.82, 2.24) is 9.80 Å². The van der Waals surface area contributed by atoms with Crippen LogP contribution in [0.15, 0.2) is 42.5 Å². The number of ether oxygens (including phenoxy) is 1. The van der Waals surface area contributed by atoms with Crippen LogP contribution in [0.2, 0.25) is 5.02 Å². The van der Waals surface area contributed by atoms with Crippen LogP contribution in [0.4, 0.5) is 18.9 Å². The molecule has 0 bridgehead atoms. The van der Waals surface area contributed by atoms with Gasteiger partial charge < -0.3 is 15.0 Å². The highest BCUT2D eigenvalue weighted by molar-refractivity contribution is 6.30. The Bertz CT molecular complexity index is 952. The van der Waals surface area contributed by atoms with E-state index in [1.54, 1.807) is 13.0 Å².